The van der Waals surface area contributed by atoms with Crippen molar-refractivity contribution in [2.75, 3.05) is 19.6 Å². The SMILES string of the molecule is CC(C)(C)c1ccc(N2c3cc4oc5ccccc5c4cc3B3c4sc5c(c4N(c4ccc(C(C)(C)C)cc4)c4cc(C(C)(C)C)cc2c43)N(c2ccc(C(C)(C)C)cc2)c2cc(C(C)(C)C)cc3c2B5c2oc4ccccc4c2N3c2ccc(C(C)(C)C)cc2)cc1. The van der Waals surface area contributed by atoms with Gasteiger partial charge < -0.3 is 28.4 Å². The minimum Gasteiger partial charge on any atom is -0.468 e. The van der Waals surface area contributed by atoms with E-state index >= 15 is 0 Å². The predicted octanol–water partition coefficient (Wildman–Crippen LogP) is 20.3. The van der Waals surface area contributed by atoms with Crippen LogP contribution in [-0.4, -0.2) is 13.4 Å². The predicted molar refractivity (Wildman–Crippen MR) is 402 cm³/mol. The van der Waals surface area contributed by atoms with Gasteiger partial charge in [0.15, 0.2) is 0 Å². The van der Waals surface area contributed by atoms with E-state index in [9.17, 15) is 0 Å². The van der Waals surface area contributed by atoms with Crippen molar-refractivity contribution in [2.45, 2.75) is 157 Å². The smallest absolute Gasteiger partial charge is 0.309 e. The Balaban J connectivity index is 1.08. The van der Waals surface area contributed by atoms with Gasteiger partial charge in [0.25, 0.3) is 6.71 Å². The van der Waals surface area contributed by atoms with Crippen LogP contribution in [0.4, 0.5) is 68.2 Å². The van der Waals surface area contributed by atoms with Gasteiger partial charge in [0.2, 0.25) is 0 Å². The second-order valence-corrected chi connectivity index (χ2v) is 34.2. The molecule has 9 aromatic carbocycles. The van der Waals surface area contributed by atoms with Gasteiger partial charge in [0.05, 0.1) is 17.1 Å². The maximum atomic E-state index is 7.65. The van der Waals surface area contributed by atoms with Gasteiger partial charge in [-0.15, -0.1) is 0 Å². The van der Waals surface area contributed by atoms with Gasteiger partial charge in [-0.25, -0.2) is 0 Å². The first kappa shape index (κ1) is 59.4. The molecule has 0 fully saturated rings. The Morgan fingerprint density at radius 2 is 0.634 bits per heavy atom. The zero-order valence-corrected chi connectivity index (χ0v) is 58.3. The average molecular weight is 1240 g/mol. The van der Waals surface area contributed by atoms with Crippen LogP contribution in [0.25, 0.3) is 32.9 Å². The van der Waals surface area contributed by atoms with Crippen molar-refractivity contribution in [1.82, 2.24) is 0 Å². The third kappa shape index (κ3) is 9.16. The van der Waals surface area contributed by atoms with Crippen LogP contribution in [0.15, 0.2) is 191 Å². The van der Waals surface area contributed by atoms with E-state index in [1.165, 1.54) is 93.4 Å². The lowest BCUT2D eigenvalue weighted by Gasteiger charge is -2.46. The number of para-hydroxylation sites is 2. The number of benzene rings is 9. The third-order valence-electron chi connectivity index (χ3n) is 20.6. The Labute approximate surface area is 555 Å². The number of thiophene rings is 1. The molecular weight excluding hydrogens is 1150 g/mol. The van der Waals surface area contributed by atoms with Crippen LogP contribution in [0.2, 0.25) is 0 Å². The number of fused-ring (bicyclic) bond motifs is 14. The number of nitrogens with zero attached hydrogens (tertiary/aromatic N) is 4. The Bertz CT molecular complexity index is 5040. The molecule has 9 heteroatoms. The van der Waals surface area contributed by atoms with E-state index in [1.54, 1.807) is 0 Å². The Kier molecular flexibility index (Phi) is 12.7. The summed E-state index contributed by atoms with van der Waals surface area (Å²) >= 11 is 1.99. The van der Waals surface area contributed by atoms with Gasteiger partial charge >= 0.3 is 6.71 Å². The molecule has 4 aliphatic rings. The van der Waals surface area contributed by atoms with Gasteiger partial charge in [-0.3, -0.25) is 0 Å². The van der Waals surface area contributed by atoms with Crippen molar-refractivity contribution in [3.63, 3.8) is 0 Å². The molecule has 16 rings (SSSR count). The van der Waals surface area contributed by atoms with Gasteiger partial charge in [0.1, 0.15) is 22.4 Å². The maximum Gasteiger partial charge on any atom is 0.309 e. The average Bonchev–Trinajstić information content (AvgIpc) is 1.60. The standard InChI is InChI=1S/C84H84B2N4O2S/c1-79(2,3)49-27-35-55(36-28-49)87-63-48-70-61(59-23-19-21-25-68(59)91-70)47-62(63)85-71-64(87)43-53(83(13,14)15)44-65(71)89(57-39-31-51(32-40-57)81(7,8)9)74-75-78(93-77(74)85)86-72-66(45-54(84(16,17)18)46-67(72)90(75)58-41-33-52(34-42-58)82(10,11)12)88(56-37-29-50(30-38-56)80(4,5)6)73-60-24-20-22-26-69(60)92-76(73)86/h19-48H,1-18H3. The van der Waals surface area contributed by atoms with Crippen molar-refractivity contribution in [3.05, 3.63) is 215 Å². The van der Waals surface area contributed by atoms with Crippen LogP contribution < -0.4 is 51.2 Å². The molecule has 6 nitrogen and oxygen atoms in total. The minimum absolute atomic E-state index is 0.0214. The summed E-state index contributed by atoms with van der Waals surface area (Å²) in [4.78, 5) is 10.5. The van der Waals surface area contributed by atoms with Crippen LogP contribution >= 0.6 is 11.3 Å². The molecule has 4 aliphatic heterocycles. The Morgan fingerprint density at radius 3 is 1.05 bits per heavy atom. The molecule has 0 atom stereocenters. The molecule has 0 N–H and O–H groups in total. The summed E-state index contributed by atoms with van der Waals surface area (Å²) < 4.78 is 17.2. The van der Waals surface area contributed by atoms with Crippen molar-refractivity contribution >= 4 is 158 Å². The number of furan rings is 2. The number of rotatable bonds is 4. The van der Waals surface area contributed by atoms with Crippen molar-refractivity contribution in [1.29, 1.82) is 0 Å². The number of hydrogen-bond donors (Lipinski definition) is 0. The molecule has 0 aliphatic carbocycles. The first-order chi connectivity index (χ1) is 43.9. The summed E-state index contributed by atoms with van der Waals surface area (Å²) in [5.41, 5.74) is 28.3. The lowest BCUT2D eigenvalue weighted by Crippen LogP contribution is -2.60. The van der Waals surface area contributed by atoms with Crippen LogP contribution in [0.3, 0.4) is 0 Å². The van der Waals surface area contributed by atoms with Crippen LogP contribution in [0, 0.1) is 0 Å². The quantitative estimate of drug-likeness (QED) is 0.164. The third-order valence-corrected chi connectivity index (χ3v) is 21.9. The van der Waals surface area contributed by atoms with Gasteiger partial charge in [0, 0.05) is 83.0 Å². The number of anilines is 12. The fourth-order valence-electron chi connectivity index (χ4n) is 15.2. The van der Waals surface area contributed by atoms with Crippen molar-refractivity contribution in [3.8, 4) is 0 Å². The molecular formula is C84H84B2N4O2S. The summed E-state index contributed by atoms with van der Waals surface area (Å²) in [5.74, 6) is 0. The molecule has 0 radical (unpaired) electrons. The molecule has 3 aromatic heterocycles. The van der Waals surface area contributed by atoms with E-state index in [2.05, 4.69) is 326 Å². The largest absolute Gasteiger partial charge is 0.468 e. The molecule has 0 spiro atoms. The highest BCUT2D eigenvalue weighted by Gasteiger charge is 2.54. The Hall–Kier alpha value is -8.65. The van der Waals surface area contributed by atoms with Crippen LogP contribution in [0.5, 0.6) is 0 Å². The highest BCUT2D eigenvalue weighted by Crippen LogP contribution is 2.56. The van der Waals surface area contributed by atoms with E-state index in [4.69, 9.17) is 8.83 Å². The molecule has 7 heterocycles. The van der Waals surface area contributed by atoms with Gasteiger partial charge in [-0.2, -0.15) is 11.3 Å². The van der Waals surface area contributed by atoms with Crippen LogP contribution in [-0.2, 0) is 32.5 Å². The molecule has 12 aromatic rings. The normalized spacial score (nSPS) is 14.6. The monoisotopic (exact) mass is 1230 g/mol. The van der Waals surface area contributed by atoms with E-state index in [-0.39, 0.29) is 45.9 Å². The summed E-state index contributed by atoms with van der Waals surface area (Å²) in [6.07, 6.45) is 0. The molecule has 464 valence electrons. The summed E-state index contributed by atoms with van der Waals surface area (Å²) in [5, 5.41) is 3.34. The van der Waals surface area contributed by atoms with E-state index in [0.717, 1.165) is 72.7 Å². The first-order valence-corrected chi connectivity index (χ1v) is 34.4. The second kappa shape index (κ2) is 19.9. The first-order valence-electron chi connectivity index (χ1n) is 33.5. The summed E-state index contributed by atoms with van der Waals surface area (Å²) in [6.45, 7) is 41.5. The lowest BCUT2D eigenvalue weighted by molar-refractivity contribution is 0.589. The molecule has 0 saturated heterocycles. The zero-order chi connectivity index (χ0) is 65.1. The highest BCUT2D eigenvalue weighted by molar-refractivity contribution is 7.38. The van der Waals surface area contributed by atoms with Crippen molar-refractivity contribution in [2.24, 2.45) is 0 Å². The second-order valence-electron chi connectivity index (χ2n) is 33.1. The molecule has 0 unspecified atom stereocenters. The van der Waals surface area contributed by atoms with E-state index in [1.807, 2.05) is 11.3 Å². The Morgan fingerprint density at radius 1 is 0.290 bits per heavy atom. The molecule has 0 amide bonds. The van der Waals surface area contributed by atoms with Gasteiger partial charge in [-0.1, -0.05) is 210 Å². The fraction of sp³-hybridized carbons (Fsp3) is 0.286. The van der Waals surface area contributed by atoms with E-state index < -0.39 is 0 Å². The summed E-state index contributed by atoms with van der Waals surface area (Å²) in [7, 11) is 0. The molecule has 0 bridgehead atoms. The summed E-state index contributed by atoms with van der Waals surface area (Å²) in [6, 6.07) is 70.2. The maximum absolute atomic E-state index is 7.65. The molecule has 0 saturated carbocycles. The molecule has 93 heavy (non-hydrogen) atoms. The zero-order valence-electron chi connectivity index (χ0n) is 57.5. The number of hydrogen-bond acceptors (Lipinski definition) is 7. The van der Waals surface area contributed by atoms with E-state index in [0.29, 0.717) is 0 Å². The topological polar surface area (TPSA) is 39.2 Å². The van der Waals surface area contributed by atoms with Crippen LogP contribution in [0.1, 0.15) is 158 Å². The fourth-order valence-corrected chi connectivity index (χ4v) is 16.7. The highest BCUT2D eigenvalue weighted by atomic mass is 32.1. The van der Waals surface area contributed by atoms with Gasteiger partial charge in [-0.05, 0) is 173 Å². The lowest BCUT2D eigenvalue weighted by atomic mass is 9.35. The minimum atomic E-state index is -0.286. The van der Waals surface area contributed by atoms with Crippen molar-refractivity contribution < 1.29 is 8.83 Å².